The van der Waals surface area contributed by atoms with Crippen molar-refractivity contribution in [3.05, 3.63) is 24.3 Å². The summed E-state index contributed by atoms with van der Waals surface area (Å²) in [4.78, 5) is 11.1. The van der Waals surface area contributed by atoms with Crippen LogP contribution in [0.2, 0.25) is 0 Å². The molecule has 0 heterocycles. The molecule has 0 saturated carbocycles. The summed E-state index contributed by atoms with van der Waals surface area (Å²) in [5.41, 5.74) is 5.86. The average molecular weight is 301 g/mol. The Morgan fingerprint density at radius 2 is 1.89 bits per heavy atom. The number of nitrogens with one attached hydrogen (secondary N) is 1. The van der Waals surface area contributed by atoms with Crippen molar-refractivity contribution < 1.29 is 13.2 Å². The van der Waals surface area contributed by atoms with E-state index >= 15 is 0 Å². The van der Waals surface area contributed by atoms with Crippen LogP contribution in [0.25, 0.3) is 0 Å². The van der Waals surface area contributed by atoms with Crippen LogP contribution in [0, 0.1) is 0 Å². The van der Waals surface area contributed by atoms with Crippen LogP contribution in [0.3, 0.4) is 0 Å². The van der Waals surface area contributed by atoms with Gasteiger partial charge in [0.1, 0.15) is 0 Å². The Morgan fingerprint density at radius 3 is 2.32 bits per heavy atom. The first-order chi connectivity index (χ1) is 8.73. The predicted molar refractivity (Wildman–Crippen MR) is 77.3 cm³/mol. The summed E-state index contributed by atoms with van der Waals surface area (Å²) in [6, 6.07) is 5.86. The molecule has 1 aromatic rings. The molecule has 0 radical (unpaired) electrons. The minimum Gasteiger partial charge on any atom is -0.392 e. The Balaban J connectivity index is 2.96. The van der Waals surface area contributed by atoms with Gasteiger partial charge in [0.25, 0.3) is 0 Å². The fourth-order valence-electron chi connectivity index (χ4n) is 1.40. The molecule has 104 valence electrons. The number of thiocarbonyl (C=S) groups is 1. The van der Waals surface area contributed by atoms with Gasteiger partial charge in [-0.3, -0.25) is 4.79 Å². The smallest absolute Gasteiger partial charge is 0.243 e. The van der Waals surface area contributed by atoms with Gasteiger partial charge in [0.05, 0.1) is 16.4 Å². The van der Waals surface area contributed by atoms with E-state index in [4.69, 9.17) is 5.73 Å². The summed E-state index contributed by atoms with van der Waals surface area (Å²) >= 11 is 4.68. The highest BCUT2D eigenvalue weighted by atomic mass is 32.2. The Hall–Kier alpha value is -1.51. The van der Waals surface area contributed by atoms with Gasteiger partial charge < -0.3 is 11.1 Å². The summed E-state index contributed by atoms with van der Waals surface area (Å²) in [7, 11) is -2.23. The fraction of sp³-hybridized carbons (Fsp3) is 0.273. The van der Waals surface area contributed by atoms with Crippen LogP contribution in [0.15, 0.2) is 29.2 Å². The van der Waals surface area contributed by atoms with Crippen molar-refractivity contribution in [3.63, 3.8) is 0 Å². The number of carbonyl (C=O) groups is 1. The minimum atomic E-state index is -3.63. The maximum Gasteiger partial charge on any atom is 0.243 e. The third-order valence-electron chi connectivity index (χ3n) is 2.26. The molecule has 6 nitrogen and oxygen atoms in total. The number of amides is 1. The van der Waals surface area contributed by atoms with Crippen LogP contribution in [0.1, 0.15) is 6.92 Å². The molecule has 0 aliphatic carbocycles. The molecule has 0 bridgehead atoms. The van der Waals surface area contributed by atoms with Crippen molar-refractivity contribution in [2.75, 3.05) is 18.9 Å². The molecule has 1 rings (SSSR count). The lowest BCUT2D eigenvalue weighted by Gasteiger charge is -2.16. The molecule has 0 aromatic heterocycles. The number of nitrogens with zero attached hydrogens (tertiary/aromatic N) is 1. The number of likely N-dealkylation sites (N-methyl/N-ethyl adjacent to an activating group) is 1. The molecule has 0 aliphatic rings. The molecule has 3 N–H and O–H groups in total. The van der Waals surface area contributed by atoms with E-state index in [2.05, 4.69) is 17.5 Å². The van der Waals surface area contributed by atoms with E-state index in [0.717, 1.165) is 4.31 Å². The highest BCUT2D eigenvalue weighted by molar-refractivity contribution is 7.89. The van der Waals surface area contributed by atoms with Crippen LogP contribution in [0.5, 0.6) is 0 Å². The van der Waals surface area contributed by atoms with Crippen LogP contribution in [0.4, 0.5) is 5.69 Å². The van der Waals surface area contributed by atoms with Crippen LogP contribution in [-0.2, 0) is 14.8 Å². The number of benzene rings is 1. The molecule has 0 atom stereocenters. The molecule has 19 heavy (non-hydrogen) atoms. The number of anilines is 1. The summed E-state index contributed by atoms with van der Waals surface area (Å²) in [5.74, 6) is -0.221. The number of hydrogen-bond acceptors (Lipinski definition) is 4. The third-order valence-corrected chi connectivity index (χ3v) is 4.21. The van der Waals surface area contributed by atoms with Gasteiger partial charge in [0, 0.05) is 19.7 Å². The average Bonchev–Trinajstić information content (AvgIpc) is 2.27. The molecule has 1 aromatic carbocycles. The molecule has 0 fully saturated rings. The molecule has 0 saturated heterocycles. The maximum atomic E-state index is 12.1. The van der Waals surface area contributed by atoms with Crippen molar-refractivity contribution in [1.82, 2.24) is 4.31 Å². The lowest BCUT2D eigenvalue weighted by molar-refractivity contribution is -0.114. The monoisotopic (exact) mass is 301 g/mol. The third kappa shape index (κ3) is 4.27. The molecular weight excluding hydrogens is 286 g/mol. The van der Waals surface area contributed by atoms with Gasteiger partial charge in [-0.1, -0.05) is 12.2 Å². The van der Waals surface area contributed by atoms with Crippen molar-refractivity contribution in [2.24, 2.45) is 5.73 Å². The second-order valence-corrected chi connectivity index (χ2v) is 6.50. The number of sulfonamides is 1. The molecule has 1 amide bonds. The maximum absolute atomic E-state index is 12.1. The zero-order chi connectivity index (χ0) is 14.6. The Bertz CT molecular complexity index is 582. The van der Waals surface area contributed by atoms with Gasteiger partial charge in [0.2, 0.25) is 15.9 Å². The first kappa shape index (κ1) is 15.5. The Kier molecular flexibility index (Phi) is 4.98. The summed E-state index contributed by atoms with van der Waals surface area (Å²) in [6.45, 7) is 1.35. The Labute approximate surface area is 117 Å². The van der Waals surface area contributed by atoms with Gasteiger partial charge in [-0.2, -0.15) is 4.31 Å². The second kappa shape index (κ2) is 6.09. The van der Waals surface area contributed by atoms with Gasteiger partial charge in [-0.05, 0) is 24.3 Å². The largest absolute Gasteiger partial charge is 0.392 e. The zero-order valence-electron chi connectivity index (χ0n) is 10.6. The summed E-state index contributed by atoms with van der Waals surface area (Å²) in [5, 5.41) is 2.56. The van der Waals surface area contributed by atoms with Crippen LogP contribution < -0.4 is 11.1 Å². The summed E-state index contributed by atoms with van der Waals surface area (Å²) in [6.07, 6.45) is 0. The van der Waals surface area contributed by atoms with E-state index in [9.17, 15) is 13.2 Å². The molecule has 8 heteroatoms. The first-order valence-electron chi connectivity index (χ1n) is 5.36. The van der Waals surface area contributed by atoms with Gasteiger partial charge in [0.15, 0.2) is 0 Å². The lowest BCUT2D eigenvalue weighted by atomic mass is 10.3. The fourth-order valence-corrected chi connectivity index (χ4v) is 2.82. The second-order valence-electron chi connectivity index (χ2n) is 3.93. The lowest BCUT2D eigenvalue weighted by Crippen LogP contribution is -2.34. The number of carbonyl (C=O) groups excluding carboxylic acids is 1. The first-order valence-corrected chi connectivity index (χ1v) is 7.20. The molecule has 0 aliphatic heterocycles. The molecule has 0 spiro atoms. The van der Waals surface area contributed by atoms with E-state index in [1.807, 2.05) is 0 Å². The van der Waals surface area contributed by atoms with E-state index < -0.39 is 10.0 Å². The van der Waals surface area contributed by atoms with E-state index in [0.29, 0.717) is 5.69 Å². The SMILES string of the molecule is CC(=O)Nc1ccc(S(=O)(=O)N(C)CC(N)=S)cc1. The van der Waals surface area contributed by atoms with E-state index in [1.165, 1.54) is 38.2 Å². The predicted octanol–water partition coefficient (Wildman–Crippen LogP) is 0.552. The van der Waals surface area contributed by atoms with E-state index in [-0.39, 0.29) is 22.3 Å². The van der Waals surface area contributed by atoms with Crippen molar-refractivity contribution >= 4 is 38.8 Å². The normalized spacial score (nSPS) is 11.3. The summed E-state index contributed by atoms with van der Waals surface area (Å²) < 4.78 is 25.3. The molecule has 0 unspecified atom stereocenters. The number of hydrogen-bond donors (Lipinski definition) is 2. The van der Waals surface area contributed by atoms with Crippen molar-refractivity contribution in [2.45, 2.75) is 11.8 Å². The van der Waals surface area contributed by atoms with Crippen LogP contribution >= 0.6 is 12.2 Å². The standard InChI is InChI=1S/C11H15N3O3S2/c1-8(15)13-9-3-5-10(6-4-9)19(16,17)14(2)7-11(12)18/h3-6H,7H2,1-2H3,(H2,12,18)(H,13,15). The van der Waals surface area contributed by atoms with E-state index in [1.54, 1.807) is 0 Å². The topological polar surface area (TPSA) is 92.5 Å². The highest BCUT2D eigenvalue weighted by Crippen LogP contribution is 2.17. The Morgan fingerprint density at radius 1 is 1.37 bits per heavy atom. The number of nitrogens with two attached hydrogens (primary N) is 1. The molecular formula is C11H15N3O3S2. The van der Waals surface area contributed by atoms with Gasteiger partial charge >= 0.3 is 0 Å². The van der Waals surface area contributed by atoms with Gasteiger partial charge in [-0.15, -0.1) is 0 Å². The highest BCUT2D eigenvalue weighted by Gasteiger charge is 2.20. The van der Waals surface area contributed by atoms with Gasteiger partial charge in [-0.25, -0.2) is 8.42 Å². The minimum absolute atomic E-state index is 0.0227. The zero-order valence-corrected chi connectivity index (χ0v) is 12.2. The number of rotatable bonds is 5. The quantitative estimate of drug-likeness (QED) is 0.775. The van der Waals surface area contributed by atoms with Crippen molar-refractivity contribution in [3.8, 4) is 0 Å². The van der Waals surface area contributed by atoms with Crippen molar-refractivity contribution in [1.29, 1.82) is 0 Å². The van der Waals surface area contributed by atoms with Crippen LogP contribution in [-0.4, -0.2) is 37.2 Å².